The molecule has 10 heteroatoms. The van der Waals surface area contributed by atoms with Gasteiger partial charge in [0.1, 0.15) is 18.3 Å². The van der Waals surface area contributed by atoms with Gasteiger partial charge in [0.25, 0.3) is 10.1 Å². The van der Waals surface area contributed by atoms with Crippen LogP contribution in [0, 0.1) is 6.92 Å². The molecule has 0 aliphatic carbocycles. The highest BCUT2D eigenvalue weighted by Crippen LogP contribution is 2.36. The number of aliphatic hydroxyl groups is 1. The first kappa shape index (κ1) is 25.9. The number of rotatable bonds is 12. The van der Waals surface area contributed by atoms with Crippen molar-refractivity contribution in [1.82, 2.24) is 0 Å². The lowest BCUT2D eigenvalue weighted by Crippen LogP contribution is -2.50. The Morgan fingerprint density at radius 3 is 2.20 bits per heavy atom. The Bertz CT molecular complexity index is 720. The maximum atomic E-state index is 13.0. The molecule has 1 heterocycles. The summed E-state index contributed by atoms with van der Waals surface area (Å²) in [6.07, 6.45) is -2.13. The van der Waals surface area contributed by atoms with Crippen LogP contribution in [0.2, 0.25) is 0 Å². The Kier molecular flexibility index (Phi) is 10.9. The maximum absolute atomic E-state index is 13.0. The first-order valence-corrected chi connectivity index (χ1v) is 13.3. The number of aryl methyl sites for hydroxylation is 1. The van der Waals surface area contributed by atoms with Crippen LogP contribution in [0.5, 0.6) is 0 Å². The van der Waals surface area contributed by atoms with Crippen molar-refractivity contribution >= 4 is 33.6 Å². The van der Waals surface area contributed by atoms with Gasteiger partial charge in [-0.2, -0.15) is 8.42 Å². The van der Waals surface area contributed by atoms with Crippen LogP contribution >= 0.6 is 23.5 Å². The van der Waals surface area contributed by atoms with Crippen molar-refractivity contribution < 1.29 is 31.9 Å². The molecule has 0 unspecified atom stereocenters. The molecule has 1 aliphatic heterocycles. The summed E-state index contributed by atoms with van der Waals surface area (Å²) < 4.78 is 47.9. The second-order valence-corrected chi connectivity index (χ2v) is 11.6. The van der Waals surface area contributed by atoms with Crippen molar-refractivity contribution in [3.8, 4) is 0 Å². The molecule has 1 aromatic carbocycles. The highest BCUT2D eigenvalue weighted by Gasteiger charge is 2.40. The van der Waals surface area contributed by atoms with E-state index in [4.69, 9.17) is 18.4 Å². The van der Waals surface area contributed by atoms with Crippen LogP contribution in [0.15, 0.2) is 29.2 Å². The van der Waals surface area contributed by atoms with E-state index in [1.165, 1.54) is 33.5 Å². The molecule has 172 valence electrons. The number of aliphatic hydroxyl groups excluding tert-OH is 1. The molecule has 4 atom stereocenters. The van der Waals surface area contributed by atoms with Gasteiger partial charge in [-0.25, -0.2) is 0 Å². The third-order valence-electron chi connectivity index (χ3n) is 4.89. The van der Waals surface area contributed by atoms with E-state index in [9.17, 15) is 13.5 Å². The monoisotopic (exact) mass is 480 g/mol. The van der Waals surface area contributed by atoms with Gasteiger partial charge in [0, 0.05) is 21.3 Å². The third-order valence-corrected chi connectivity index (χ3v) is 9.21. The number of hydrogen-bond acceptors (Lipinski definition) is 9. The van der Waals surface area contributed by atoms with E-state index in [0.717, 1.165) is 23.5 Å². The summed E-state index contributed by atoms with van der Waals surface area (Å²) in [7, 11) is 0.303. The standard InChI is InChI=1S/C20H32O7S3/c1-14-6-8-15(9-7-14)30(22,23)27-20(19(21)17(26-4)13-24-2)16(25-3)12-18-28-10-5-11-29-18/h6-9,16-21H,5,10-13H2,1-4H3/t16-,17-,19-,20-/m1/s1. The van der Waals surface area contributed by atoms with Gasteiger partial charge < -0.3 is 19.3 Å². The number of benzene rings is 1. The molecule has 0 aromatic heterocycles. The van der Waals surface area contributed by atoms with Gasteiger partial charge in [-0.15, -0.1) is 23.5 Å². The number of hydrogen-bond donors (Lipinski definition) is 1. The molecule has 2 rings (SSSR count). The lowest BCUT2D eigenvalue weighted by atomic mass is 10.0. The number of thioether (sulfide) groups is 2. The molecule has 0 radical (unpaired) electrons. The first-order chi connectivity index (χ1) is 14.3. The predicted molar refractivity (Wildman–Crippen MR) is 121 cm³/mol. The van der Waals surface area contributed by atoms with Gasteiger partial charge in [0.2, 0.25) is 0 Å². The fraction of sp³-hybridized carbons (Fsp3) is 0.700. The average Bonchev–Trinajstić information content (AvgIpc) is 2.75. The van der Waals surface area contributed by atoms with Crippen LogP contribution in [0.4, 0.5) is 0 Å². The fourth-order valence-electron chi connectivity index (χ4n) is 3.15. The van der Waals surface area contributed by atoms with Crippen molar-refractivity contribution in [2.75, 3.05) is 39.4 Å². The summed E-state index contributed by atoms with van der Waals surface area (Å²) in [6.45, 7) is 1.96. The molecule has 1 saturated heterocycles. The van der Waals surface area contributed by atoms with E-state index >= 15 is 0 Å². The maximum Gasteiger partial charge on any atom is 0.297 e. The molecule has 1 aliphatic rings. The number of methoxy groups -OCH3 is 3. The Hall–Kier alpha value is -0.330. The highest BCUT2D eigenvalue weighted by molar-refractivity contribution is 8.17. The zero-order valence-electron chi connectivity index (χ0n) is 17.9. The Morgan fingerprint density at radius 1 is 1.07 bits per heavy atom. The summed E-state index contributed by atoms with van der Waals surface area (Å²) in [5.41, 5.74) is 0.936. The van der Waals surface area contributed by atoms with Crippen molar-refractivity contribution in [2.45, 2.75) is 53.7 Å². The smallest absolute Gasteiger partial charge is 0.297 e. The molecule has 0 spiro atoms. The van der Waals surface area contributed by atoms with Gasteiger partial charge in [0.05, 0.1) is 22.2 Å². The molecule has 0 bridgehead atoms. The van der Waals surface area contributed by atoms with Crippen molar-refractivity contribution in [1.29, 1.82) is 0 Å². The second kappa shape index (κ2) is 12.6. The van der Waals surface area contributed by atoms with E-state index in [-0.39, 0.29) is 16.1 Å². The largest absolute Gasteiger partial charge is 0.387 e. The second-order valence-electron chi connectivity index (χ2n) is 7.08. The molecule has 7 nitrogen and oxygen atoms in total. The van der Waals surface area contributed by atoms with E-state index in [1.54, 1.807) is 12.1 Å². The summed E-state index contributed by atoms with van der Waals surface area (Å²) in [5, 5.41) is 11.0. The summed E-state index contributed by atoms with van der Waals surface area (Å²) in [5.74, 6) is 2.10. The van der Waals surface area contributed by atoms with Gasteiger partial charge in [0.15, 0.2) is 0 Å². The molecule has 0 amide bonds. The lowest BCUT2D eigenvalue weighted by Gasteiger charge is -2.34. The summed E-state index contributed by atoms with van der Waals surface area (Å²) in [6, 6.07) is 6.39. The van der Waals surface area contributed by atoms with Crippen LogP contribution in [-0.4, -0.2) is 82.0 Å². The Labute approximate surface area is 188 Å². The molecule has 1 fully saturated rings. The third kappa shape index (κ3) is 7.37. The highest BCUT2D eigenvalue weighted by atomic mass is 32.2. The quantitative estimate of drug-likeness (QED) is 0.453. The normalized spacial score (nSPS) is 19.9. The van der Waals surface area contributed by atoms with Gasteiger partial charge in [-0.1, -0.05) is 17.7 Å². The summed E-state index contributed by atoms with van der Waals surface area (Å²) in [4.78, 5) is 0.0299. The van der Waals surface area contributed by atoms with Crippen molar-refractivity contribution in [2.24, 2.45) is 0 Å². The van der Waals surface area contributed by atoms with Crippen LogP contribution in [-0.2, 0) is 28.5 Å². The zero-order valence-corrected chi connectivity index (χ0v) is 20.3. The van der Waals surface area contributed by atoms with Crippen molar-refractivity contribution in [3.63, 3.8) is 0 Å². The molecule has 0 saturated carbocycles. The van der Waals surface area contributed by atoms with Crippen LogP contribution in [0.1, 0.15) is 18.4 Å². The summed E-state index contributed by atoms with van der Waals surface area (Å²) >= 11 is 3.63. The lowest BCUT2D eigenvalue weighted by molar-refractivity contribution is -0.125. The van der Waals surface area contributed by atoms with Gasteiger partial charge in [-0.05, 0) is 43.4 Å². The predicted octanol–water partition coefficient (Wildman–Crippen LogP) is 2.69. The molecular formula is C20H32O7S3. The minimum Gasteiger partial charge on any atom is -0.387 e. The van der Waals surface area contributed by atoms with E-state index in [2.05, 4.69) is 0 Å². The Morgan fingerprint density at radius 2 is 1.67 bits per heavy atom. The van der Waals surface area contributed by atoms with Crippen molar-refractivity contribution in [3.05, 3.63) is 29.8 Å². The first-order valence-electron chi connectivity index (χ1n) is 9.78. The van der Waals surface area contributed by atoms with E-state index in [1.807, 2.05) is 30.4 Å². The van der Waals surface area contributed by atoms with Crippen LogP contribution in [0.3, 0.4) is 0 Å². The molecule has 30 heavy (non-hydrogen) atoms. The number of ether oxygens (including phenoxy) is 3. The minimum absolute atomic E-state index is 0.0299. The topological polar surface area (TPSA) is 91.3 Å². The average molecular weight is 481 g/mol. The fourth-order valence-corrected chi connectivity index (χ4v) is 7.21. The molecular weight excluding hydrogens is 448 g/mol. The molecule has 1 aromatic rings. The minimum atomic E-state index is -4.12. The van der Waals surface area contributed by atoms with Gasteiger partial charge in [-0.3, -0.25) is 4.18 Å². The Balaban J connectivity index is 2.29. The molecule has 1 N–H and O–H groups in total. The van der Waals surface area contributed by atoms with Gasteiger partial charge >= 0.3 is 0 Å². The van der Waals surface area contributed by atoms with E-state index in [0.29, 0.717) is 6.42 Å². The SMILES string of the molecule is COC[C@@H](OC)[C@@H](O)[C@H](OS(=O)(=O)c1ccc(C)cc1)[C@@H](CC1SCCCS1)OC. The van der Waals surface area contributed by atoms with E-state index < -0.39 is 34.5 Å². The zero-order chi connectivity index (χ0) is 22.1. The van der Waals surface area contributed by atoms with Crippen LogP contribution < -0.4 is 0 Å². The van der Waals surface area contributed by atoms with Crippen LogP contribution in [0.25, 0.3) is 0 Å².